The number of nitrogens with one attached hydrogen (secondary N) is 1. The van der Waals surface area contributed by atoms with Gasteiger partial charge in [0.2, 0.25) is 11.6 Å². The summed E-state index contributed by atoms with van der Waals surface area (Å²) in [5.74, 6) is 2.18. The number of hydrogen-bond donors (Lipinski definition) is 2. The zero-order chi connectivity index (χ0) is 32.5. The van der Waals surface area contributed by atoms with Crippen LogP contribution in [0.4, 0.5) is 0 Å². The molecule has 0 spiro atoms. The van der Waals surface area contributed by atoms with Crippen LogP contribution in [0.3, 0.4) is 0 Å². The highest BCUT2D eigenvalue weighted by molar-refractivity contribution is 9.10. The van der Waals surface area contributed by atoms with E-state index in [4.69, 9.17) is 33.8 Å². The number of hydrogen-bond acceptors (Lipinski definition) is 8. The summed E-state index contributed by atoms with van der Waals surface area (Å²) in [6, 6.07) is 28.5. The number of rotatable bonds is 14. The first kappa shape index (κ1) is 32.8. The Hall–Kier alpha value is -4.54. The predicted molar refractivity (Wildman–Crippen MR) is 179 cm³/mol. The van der Waals surface area contributed by atoms with Crippen LogP contribution in [0.15, 0.2) is 100 Å². The highest BCUT2D eigenvalue weighted by Gasteiger charge is 2.53. The third-order valence-electron chi connectivity index (χ3n) is 7.70. The lowest BCUT2D eigenvalue weighted by atomic mass is 9.82. The van der Waals surface area contributed by atoms with Gasteiger partial charge in [0.05, 0.1) is 27.9 Å². The molecule has 0 radical (unpaired) electrons. The lowest BCUT2D eigenvalue weighted by Gasteiger charge is -2.31. The van der Waals surface area contributed by atoms with Crippen LogP contribution >= 0.6 is 15.9 Å². The van der Waals surface area contributed by atoms with Gasteiger partial charge in [-0.2, -0.15) is 0 Å². The fourth-order valence-electron chi connectivity index (χ4n) is 5.40. The summed E-state index contributed by atoms with van der Waals surface area (Å²) >= 11 is 3.52. The molecule has 0 aromatic heterocycles. The lowest BCUT2D eigenvalue weighted by Crippen LogP contribution is -2.49. The van der Waals surface area contributed by atoms with Gasteiger partial charge < -0.3 is 34.1 Å². The third-order valence-corrected chi connectivity index (χ3v) is 8.23. The Kier molecular flexibility index (Phi) is 10.8. The number of aliphatic hydroxyl groups is 1. The number of benzene rings is 4. The van der Waals surface area contributed by atoms with E-state index >= 15 is 0 Å². The van der Waals surface area contributed by atoms with Crippen molar-refractivity contribution in [1.82, 2.24) is 5.32 Å². The van der Waals surface area contributed by atoms with Crippen LogP contribution in [0.5, 0.6) is 23.0 Å². The molecular formula is C36H37BrN2O7. The van der Waals surface area contributed by atoms with Crippen molar-refractivity contribution in [1.29, 1.82) is 0 Å². The second-order valence-electron chi connectivity index (χ2n) is 10.7. The van der Waals surface area contributed by atoms with E-state index in [1.54, 1.807) is 21.3 Å². The molecule has 1 heterocycles. The molecule has 0 unspecified atom stereocenters. The number of nitrogens with zero attached hydrogens (tertiary/aromatic N) is 1. The van der Waals surface area contributed by atoms with Crippen molar-refractivity contribution in [3.8, 4) is 23.0 Å². The van der Waals surface area contributed by atoms with E-state index in [1.807, 2.05) is 91.0 Å². The van der Waals surface area contributed by atoms with E-state index in [9.17, 15) is 4.79 Å². The lowest BCUT2D eigenvalue weighted by molar-refractivity contribution is -0.129. The molecule has 0 saturated carbocycles. The highest BCUT2D eigenvalue weighted by Crippen LogP contribution is 2.43. The van der Waals surface area contributed by atoms with Crippen LogP contribution in [-0.2, 0) is 22.5 Å². The monoisotopic (exact) mass is 688 g/mol. The van der Waals surface area contributed by atoms with Crippen LogP contribution in [0.25, 0.3) is 0 Å². The number of carbonyl (C=O) groups is 1. The molecular weight excluding hydrogens is 652 g/mol. The third kappa shape index (κ3) is 7.29. The van der Waals surface area contributed by atoms with Crippen molar-refractivity contribution in [2.45, 2.75) is 31.0 Å². The molecule has 0 bridgehead atoms. The van der Waals surface area contributed by atoms with E-state index < -0.39 is 11.6 Å². The fourth-order valence-corrected chi connectivity index (χ4v) is 5.66. The molecule has 46 heavy (non-hydrogen) atoms. The second kappa shape index (κ2) is 15.2. The minimum absolute atomic E-state index is 0.0612. The summed E-state index contributed by atoms with van der Waals surface area (Å²) in [6.07, 6.45) is 0.111. The van der Waals surface area contributed by atoms with Gasteiger partial charge in [-0.25, -0.2) is 4.99 Å². The molecule has 0 fully saturated rings. The number of aliphatic imine (C=N–C) groups is 1. The summed E-state index contributed by atoms with van der Waals surface area (Å²) in [6.45, 7) is 0.654. The molecule has 1 amide bonds. The molecule has 240 valence electrons. The highest BCUT2D eigenvalue weighted by atomic mass is 79.9. The van der Waals surface area contributed by atoms with Crippen molar-refractivity contribution in [2.75, 3.05) is 34.5 Å². The Morgan fingerprint density at radius 3 is 2.20 bits per heavy atom. The Morgan fingerprint density at radius 2 is 1.59 bits per heavy atom. The largest absolute Gasteiger partial charge is 0.494 e. The van der Waals surface area contributed by atoms with E-state index in [0.717, 1.165) is 21.2 Å². The topological polar surface area (TPSA) is 108 Å². The van der Waals surface area contributed by atoms with Gasteiger partial charge in [-0.3, -0.25) is 4.79 Å². The molecule has 0 aliphatic carbocycles. The van der Waals surface area contributed by atoms with Crippen molar-refractivity contribution >= 4 is 27.7 Å². The van der Waals surface area contributed by atoms with Gasteiger partial charge in [-0.05, 0) is 65.2 Å². The SMILES string of the molecule is COc1cc(CNC(=O)[C@]2(Cc3ccc(Br)cc3)N=C(c3ccc(OCCCO)cc3)O[C@@H]2c2ccccc2)cc(OC)c1OC. The van der Waals surface area contributed by atoms with Gasteiger partial charge in [0, 0.05) is 36.0 Å². The Balaban J connectivity index is 1.54. The fraction of sp³-hybridized carbons (Fsp3) is 0.278. The van der Waals surface area contributed by atoms with E-state index in [2.05, 4.69) is 21.2 Å². The Bertz CT molecular complexity index is 1620. The van der Waals surface area contributed by atoms with E-state index in [0.29, 0.717) is 47.5 Å². The maximum Gasteiger partial charge on any atom is 0.252 e. The molecule has 0 saturated heterocycles. The van der Waals surface area contributed by atoms with Gasteiger partial charge in [0.1, 0.15) is 5.75 Å². The number of carbonyl (C=O) groups excluding carboxylic acids is 1. The minimum Gasteiger partial charge on any atom is -0.494 e. The van der Waals surface area contributed by atoms with Gasteiger partial charge in [0.15, 0.2) is 23.1 Å². The molecule has 9 nitrogen and oxygen atoms in total. The predicted octanol–water partition coefficient (Wildman–Crippen LogP) is 6.05. The van der Waals surface area contributed by atoms with E-state index in [1.165, 1.54) is 0 Å². The molecule has 4 aromatic rings. The smallest absolute Gasteiger partial charge is 0.252 e. The first-order valence-corrected chi connectivity index (χ1v) is 15.7. The van der Waals surface area contributed by atoms with Crippen molar-refractivity contribution in [2.24, 2.45) is 4.99 Å². The van der Waals surface area contributed by atoms with Crippen molar-refractivity contribution in [3.05, 3.63) is 118 Å². The molecule has 4 aromatic carbocycles. The number of methoxy groups -OCH3 is 3. The zero-order valence-corrected chi connectivity index (χ0v) is 27.6. The van der Waals surface area contributed by atoms with Crippen molar-refractivity contribution in [3.63, 3.8) is 0 Å². The van der Waals surface area contributed by atoms with E-state index in [-0.39, 0.29) is 25.5 Å². The summed E-state index contributed by atoms with van der Waals surface area (Å²) in [4.78, 5) is 19.7. The summed E-state index contributed by atoms with van der Waals surface area (Å²) in [5.41, 5.74) is 1.88. The van der Waals surface area contributed by atoms with Crippen LogP contribution in [0.2, 0.25) is 0 Å². The average Bonchev–Trinajstić information content (AvgIpc) is 3.48. The molecule has 2 atom stereocenters. The quantitative estimate of drug-likeness (QED) is 0.155. The Labute approximate surface area is 277 Å². The number of aliphatic hydroxyl groups excluding tert-OH is 1. The summed E-state index contributed by atoms with van der Waals surface area (Å²) < 4.78 is 29.8. The van der Waals surface area contributed by atoms with Crippen LogP contribution in [-0.4, -0.2) is 57.0 Å². The maximum absolute atomic E-state index is 14.6. The average molecular weight is 690 g/mol. The maximum atomic E-state index is 14.6. The molecule has 10 heteroatoms. The number of ether oxygens (including phenoxy) is 5. The first-order valence-electron chi connectivity index (χ1n) is 14.9. The standard InChI is InChI=1S/C36H37BrN2O7/c1-42-30-20-25(21-31(43-2)32(30)44-3)23-38-35(41)36(22-24-10-14-28(37)15-11-24)33(26-8-5-4-6-9-26)46-34(39-36)27-12-16-29(17-13-27)45-19-7-18-40/h4-6,8-17,20-21,33,40H,7,18-19,22-23H2,1-3H3,(H,38,41)/t33-,36-/m1/s1. The van der Waals surface area contributed by atoms with Gasteiger partial charge >= 0.3 is 0 Å². The number of amides is 1. The molecule has 1 aliphatic heterocycles. The zero-order valence-electron chi connectivity index (χ0n) is 26.0. The molecule has 5 rings (SSSR count). The van der Waals surface area contributed by atoms with Crippen molar-refractivity contribution < 1.29 is 33.6 Å². The summed E-state index contributed by atoms with van der Waals surface area (Å²) in [5, 5.41) is 12.2. The second-order valence-corrected chi connectivity index (χ2v) is 11.6. The molecule has 1 aliphatic rings. The number of halogens is 1. The van der Waals surface area contributed by atoms with Crippen LogP contribution < -0.4 is 24.3 Å². The van der Waals surface area contributed by atoms with Crippen LogP contribution in [0.1, 0.15) is 34.8 Å². The first-order chi connectivity index (χ1) is 22.4. The van der Waals surface area contributed by atoms with Crippen LogP contribution in [0, 0.1) is 0 Å². The minimum atomic E-state index is -1.35. The van der Waals surface area contributed by atoms with Gasteiger partial charge in [-0.15, -0.1) is 0 Å². The van der Waals surface area contributed by atoms with Gasteiger partial charge in [-0.1, -0.05) is 58.4 Å². The van der Waals surface area contributed by atoms with Gasteiger partial charge in [0.25, 0.3) is 5.91 Å². The summed E-state index contributed by atoms with van der Waals surface area (Å²) in [7, 11) is 4.65. The Morgan fingerprint density at radius 1 is 0.913 bits per heavy atom. The molecule has 2 N–H and O–H groups in total. The normalized spacial score (nSPS) is 17.1.